The topological polar surface area (TPSA) is 50.7 Å². The van der Waals surface area contributed by atoms with Crippen LogP contribution in [-0.4, -0.2) is 21.5 Å². The maximum absolute atomic E-state index is 4.52. The number of nitrogens with one attached hydrogen (secondary N) is 1. The Morgan fingerprint density at radius 2 is 2.24 bits per heavy atom. The highest BCUT2D eigenvalue weighted by Crippen LogP contribution is 2.28. The zero-order valence-corrected chi connectivity index (χ0v) is 10.3. The number of rotatable bonds is 4. The fourth-order valence-electron chi connectivity index (χ4n) is 1.83. The Hall–Kier alpha value is -1.49. The van der Waals surface area contributed by atoms with Gasteiger partial charge >= 0.3 is 0 Å². The van der Waals surface area contributed by atoms with Crippen LogP contribution in [0.3, 0.4) is 0 Å². The third-order valence-electron chi connectivity index (χ3n) is 3.10. The summed E-state index contributed by atoms with van der Waals surface area (Å²) in [5.74, 6) is 0.846. The maximum Gasteiger partial charge on any atom is 0.183 e. The fourth-order valence-corrected chi connectivity index (χ4v) is 2.55. The predicted molar refractivity (Wildman–Crippen MR) is 69.0 cm³/mol. The summed E-state index contributed by atoms with van der Waals surface area (Å²) < 4.78 is 0. The van der Waals surface area contributed by atoms with E-state index in [1.807, 2.05) is 5.38 Å². The molecule has 5 heteroatoms. The minimum Gasteiger partial charge on any atom is -0.361 e. The van der Waals surface area contributed by atoms with Crippen LogP contribution < -0.4 is 5.32 Å². The average Bonchev–Trinajstić information content (AvgIpc) is 2.77. The summed E-state index contributed by atoms with van der Waals surface area (Å²) in [5.41, 5.74) is 1.74. The highest BCUT2D eigenvalue weighted by Gasteiger charge is 2.17. The van der Waals surface area contributed by atoms with Gasteiger partial charge in [0.1, 0.15) is 11.4 Å². The molecule has 0 spiro atoms. The van der Waals surface area contributed by atoms with Crippen LogP contribution in [0.4, 0.5) is 5.13 Å². The van der Waals surface area contributed by atoms with E-state index in [9.17, 15) is 0 Å². The molecule has 1 aliphatic carbocycles. The molecule has 0 atom stereocenters. The number of hydrogen-bond acceptors (Lipinski definition) is 5. The van der Waals surface area contributed by atoms with Crippen LogP contribution in [0.15, 0.2) is 24.0 Å². The van der Waals surface area contributed by atoms with Gasteiger partial charge in [-0.05, 0) is 18.8 Å². The lowest BCUT2D eigenvalue weighted by molar-refractivity contribution is 0.333. The molecular weight excluding hydrogens is 232 g/mol. The van der Waals surface area contributed by atoms with E-state index < -0.39 is 0 Å². The first-order valence-corrected chi connectivity index (χ1v) is 6.75. The van der Waals surface area contributed by atoms with E-state index in [1.54, 1.807) is 29.9 Å². The third kappa shape index (κ3) is 2.44. The molecule has 1 saturated carbocycles. The van der Waals surface area contributed by atoms with Crippen LogP contribution in [0.1, 0.15) is 19.3 Å². The molecule has 88 valence electrons. The zero-order valence-electron chi connectivity index (χ0n) is 9.47. The SMILES string of the molecule is c1cnc(-c2csc(NCC3CCC3)n2)cn1. The fraction of sp³-hybridized carbons (Fsp3) is 0.417. The summed E-state index contributed by atoms with van der Waals surface area (Å²) in [4.78, 5) is 12.8. The number of thiazole rings is 1. The van der Waals surface area contributed by atoms with E-state index in [0.717, 1.165) is 29.0 Å². The first-order valence-electron chi connectivity index (χ1n) is 5.87. The standard InChI is InChI=1S/C12H14N4S/c1-2-9(3-1)6-15-12-16-11(8-17-12)10-7-13-4-5-14-10/h4-5,7-9H,1-3,6H2,(H,15,16). The lowest BCUT2D eigenvalue weighted by Gasteiger charge is -2.25. The van der Waals surface area contributed by atoms with Crippen LogP contribution in [-0.2, 0) is 0 Å². The quantitative estimate of drug-likeness (QED) is 0.901. The molecule has 3 rings (SSSR count). The Balaban J connectivity index is 1.65. The first-order chi connectivity index (χ1) is 8.42. The van der Waals surface area contributed by atoms with Crippen molar-refractivity contribution in [2.75, 3.05) is 11.9 Å². The highest BCUT2D eigenvalue weighted by molar-refractivity contribution is 7.14. The Morgan fingerprint density at radius 3 is 2.94 bits per heavy atom. The van der Waals surface area contributed by atoms with Crippen LogP contribution >= 0.6 is 11.3 Å². The normalized spacial score (nSPS) is 15.5. The van der Waals surface area contributed by atoms with Crippen LogP contribution in [0.5, 0.6) is 0 Å². The average molecular weight is 246 g/mol. The Labute approximate surface area is 104 Å². The number of aromatic nitrogens is 3. The highest BCUT2D eigenvalue weighted by atomic mass is 32.1. The number of nitrogens with zero attached hydrogens (tertiary/aromatic N) is 3. The second kappa shape index (κ2) is 4.79. The molecule has 1 N–H and O–H groups in total. The molecular formula is C12H14N4S. The molecule has 0 aliphatic heterocycles. The van der Waals surface area contributed by atoms with E-state index >= 15 is 0 Å². The second-order valence-corrected chi connectivity index (χ2v) is 5.16. The van der Waals surface area contributed by atoms with E-state index in [-0.39, 0.29) is 0 Å². The smallest absolute Gasteiger partial charge is 0.183 e. The number of anilines is 1. The maximum atomic E-state index is 4.52. The second-order valence-electron chi connectivity index (χ2n) is 4.31. The summed E-state index contributed by atoms with van der Waals surface area (Å²) in [6, 6.07) is 0. The van der Waals surface area contributed by atoms with Crippen molar-refractivity contribution in [3.63, 3.8) is 0 Å². The van der Waals surface area contributed by atoms with Crippen molar-refractivity contribution in [3.05, 3.63) is 24.0 Å². The summed E-state index contributed by atoms with van der Waals surface area (Å²) >= 11 is 1.63. The minimum absolute atomic E-state index is 0.834. The van der Waals surface area contributed by atoms with Gasteiger partial charge in [0, 0.05) is 24.3 Å². The van der Waals surface area contributed by atoms with Gasteiger partial charge in [-0.1, -0.05) is 6.42 Å². The molecule has 1 fully saturated rings. The van der Waals surface area contributed by atoms with Crippen LogP contribution in [0.2, 0.25) is 0 Å². The summed E-state index contributed by atoms with van der Waals surface area (Å²) in [5, 5.41) is 6.40. The molecule has 2 aromatic rings. The molecule has 2 heterocycles. The Kier molecular flexibility index (Phi) is 3.00. The molecule has 4 nitrogen and oxygen atoms in total. The van der Waals surface area contributed by atoms with Crippen molar-refractivity contribution in [1.82, 2.24) is 15.0 Å². The van der Waals surface area contributed by atoms with Gasteiger partial charge in [0.2, 0.25) is 0 Å². The molecule has 0 saturated heterocycles. The van der Waals surface area contributed by atoms with Gasteiger partial charge in [-0.15, -0.1) is 11.3 Å². The van der Waals surface area contributed by atoms with Crippen LogP contribution in [0.25, 0.3) is 11.4 Å². The molecule has 0 aromatic carbocycles. The van der Waals surface area contributed by atoms with E-state index in [0.29, 0.717) is 0 Å². The van der Waals surface area contributed by atoms with Crippen LogP contribution in [0, 0.1) is 5.92 Å². The predicted octanol–water partition coefficient (Wildman–Crippen LogP) is 2.81. The van der Waals surface area contributed by atoms with Crippen molar-refractivity contribution < 1.29 is 0 Å². The van der Waals surface area contributed by atoms with Crippen molar-refractivity contribution in [2.45, 2.75) is 19.3 Å². The number of hydrogen-bond donors (Lipinski definition) is 1. The third-order valence-corrected chi connectivity index (χ3v) is 3.90. The largest absolute Gasteiger partial charge is 0.361 e. The molecule has 0 amide bonds. The molecule has 1 aliphatic rings. The van der Waals surface area contributed by atoms with Crippen molar-refractivity contribution in [2.24, 2.45) is 5.92 Å². The molecule has 17 heavy (non-hydrogen) atoms. The monoisotopic (exact) mass is 246 g/mol. The van der Waals surface area contributed by atoms with E-state index in [2.05, 4.69) is 20.3 Å². The lowest BCUT2D eigenvalue weighted by atomic mass is 9.86. The minimum atomic E-state index is 0.834. The van der Waals surface area contributed by atoms with Crippen molar-refractivity contribution >= 4 is 16.5 Å². The van der Waals surface area contributed by atoms with Gasteiger partial charge in [0.25, 0.3) is 0 Å². The zero-order chi connectivity index (χ0) is 11.5. The Morgan fingerprint density at radius 1 is 1.29 bits per heavy atom. The van der Waals surface area contributed by atoms with Gasteiger partial charge < -0.3 is 5.32 Å². The van der Waals surface area contributed by atoms with Gasteiger partial charge in [0.15, 0.2) is 5.13 Å². The van der Waals surface area contributed by atoms with Gasteiger partial charge in [-0.3, -0.25) is 9.97 Å². The van der Waals surface area contributed by atoms with Gasteiger partial charge in [-0.25, -0.2) is 4.98 Å². The van der Waals surface area contributed by atoms with Gasteiger partial charge in [0.05, 0.1) is 6.20 Å². The summed E-state index contributed by atoms with van der Waals surface area (Å²) in [6.07, 6.45) is 9.20. The molecule has 2 aromatic heterocycles. The summed E-state index contributed by atoms with van der Waals surface area (Å²) in [7, 11) is 0. The molecule has 0 radical (unpaired) electrons. The van der Waals surface area contributed by atoms with Crippen molar-refractivity contribution in [1.29, 1.82) is 0 Å². The van der Waals surface area contributed by atoms with Gasteiger partial charge in [-0.2, -0.15) is 0 Å². The van der Waals surface area contributed by atoms with E-state index in [4.69, 9.17) is 0 Å². The van der Waals surface area contributed by atoms with E-state index in [1.165, 1.54) is 19.3 Å². The lowest BCUT2D eigenvalue weighted by Crippen LogP contribution is -2.20. The van der Waals surface area contributed by atoms with Crippen molar-refractivity contribution in [3.8, 4) is 11.4 Å². The Bertz CT molecular complexity index is 478. The molecule has 0 bridgehead atoms. The molecule has 0 unspecified atom stereocenters. The first kappa shape index (κ1) is 10.7. The summed E-state index contributed by atoms with van der Waals surface area (Å²) in [6.45, 7) is 1.05.